The summed E-state index contributed by atoms with van der Waals surface area (Å²) in [6.45, 7) is 8.61. The number of hydrogen-bond donors (Lipinski definition) is 2. The van der Waals surface area contributed by atoms with Crippen molar-refractivity contribution in [3.63, 3.8) is 0 Å². The topological polar surface area (TPSA) is 69.6 Å². The molecule has 0 radical (unpaired) electrons. The van der Waals surface area contributed by atoms with E-state index in [1.807, 2.05) is 43.0 Å². The number of carboxylic acids is 1. The van der Waals surface area contributed by atoms with Crippen molar-refractivity contribution in [2.24, 2.45) is 5.92 Å². The normalized spacial score (nSPS) is 10.9. The highest BCUT2D eigenvalue weighted by Gasteiger charge is 2.19. The van der Waals surface area contributed by atoms with Crippen LogP contribution < -0.4 is 10.2 Å². The van der Waals surface area contributed by atoms with E-state index in [1.54, 1.807) is 18.2 Å². The Morgan fingerprint density at radius 3 is 2.21 bits per heavy atom. The molecule has 0 saturated carbocycles. The molecule has 1 amide bonds. The van der Waals surface area contributed by atoms with Crippen LogP contribution in [0.2, 0.25) is 0 Å². The number of nitrogens with one attached hydrogen (secondary N) is 1. The van der Waals surface area contributed by atoms with Crippen LogP contribution in [-0.2, 0) is 17.6 Å². The molecule has 0 unspecified atom stereocenters. The Hall–Kier alpha value is -3.60. The number of anilines is 2. The van der Waals surface area contributed by atoms with Gasteiger partial charge in [-0.05, 0) is 73.1 Å². The second kappa shape index (κ2) is 11.5. The Bertz CT molecular complexity index is 1140. The second-order valence-corrected chi connectivity index (χ2v) is 9.14. The van der Waals surface area contributed by atoms with Crippen LogP contribution in [-0.4, -0.2) is 23.7 Å². The highest BCUT2D eigenvalue weighted by atomic mass is 16.4. The van der Waals surface area contributed by atoms with Gasteiger partial charge in [0.15, 0.2) is 0 Å². The molecule has 3 aromatic rings. The molecule has 3 rings (SSSR count). The van der Waals surface area contributed by atoms with Crippen LogP contribution in [0.1, 0.15) is 52.9 Å². The molecule has 0 bridgehead atoms. The first kappa shape index (κ1) is 25.0. The number of carbonyl (C=O) groups is 2. The lowest BCUT2D eigenvalue weighted by Gasteiger charge is -2.28. The van der Waals surface area contributed by atoms with E-state index in [2.05, 4.69) is 43.4 Å². The van der Waals surface area contributed by atoms with Crippen LogP contribution in [0.15, 0.2) is 66.7 Å². The molecule has 0 fully saturated rings. The van der Waals surface area contributed by atoms with Crippen molar-refractivity contribution >= 4 is 23.3 Å². The van der Waals surface area contributed by atoms with Gasteiger partial charge in [0.2, 0.25) is 5.91 Å². The Balaban J connectivity index is 1.73. The summed E-state index contributed by atoms with van der Waals surface area (Å²) in [4.78, 5) is 26.5. The number of benzene rings is 3. The number of aromatic carboxylic acids is 1. The van der Waals surface area contributed by atoms with Crippen LogP contribution in [0.3, 0.4) is 0 Å². The first-order valence-corrected chi connectivity index (χ1v) is 11.8. The zero-order valence-corrected chi connectivity index (χ0v) is 20.5. The lowest BCUT2D eigenvalue weighted by atomic mass is 10.0. The Morgan fingerprint density at radius 1 is 0.882 bits per heavy atom. The quantitative estimate of drug-likeness (QED) is 0.363. The fourth-order valence-corrected chi connectivity index (χ4v) is 4.04. The van der Waals surface area contributed by atoms with Crippen molar-refractivity contribution in [2.75, 3.05) is 11.6 Å². The van der Waals surface area contributed by atoms with Gasteiger partial charge < -0.3 is 15.3 Å². The van der Waals surface area contributed by atoms with Gasteiger partial charge in [0.1, 0.15) is 0 Å². The van der Waals surface area contributed by atoms with Gasteiger partial charge in [0, 0.05) is 12.1 Å². The van der Waals surface area contributed by atoms with Crippen molar-refractivity contribution in [3.05, 3.63) is 94.5 Å². The number of amides is 1. The second-order valence-electron chi connectivity index (χ2n) is 9.14. The smallest absolute Gasteiger partial charge is 0.337 e. The maximum atomic E-state index is 12.7. The van der Waals surface area contributed by atoms with Crippen LogP contribution in [0, 0.1) is 19.8 Å². The number of hydrogen-bond acceptors (Lipinski definition) is 3. The molecule has 5 heteroatoms. The summed E-state index contributed by atoms with van der Waals surface area (Å²) in [6, 6.07) is 21.3. The fourth-order valence-electron chi connectivity index (χ4n) is 4.04. The fraction of sp³-hybridized carbons (Fsp3) is 0.310. The maximum absolute atomic E-state index is 12.7. The molecular weight excluding hydrogens is 424 g/mol. The molecule has 0 aliphatic rings. The first-order chi connectivity index (χ1) is 16.3. The largest absolute Gasteiger partial charge is 0.478 e. The minimum atomic E-state index is -1.00. The molecule has 34 heavy (non-hydrogen) atoms. The zero-order valence-electron chi connectivity index (χ0n) is 20.5. The maximum Gasteiger partial charge on any atom is 0.337 e. The van der Waals surface area contributed by atoms with Gasteiger partial charge in [-0.3, -0.25) is 4.79 Å². The van der Waals surface area contributed by atoms with Gasteiger partial charge in [-0.15, -0.1) is 0 Å². The van der Waals surface area contributed by atoms with E-state index in [1.165, 1.54) is 5.56 Å². The molecule has 178 valence electrons. The molecule has 0 spiro atoms. The number of rotatable bonds is 10. The van der Waals surface area contributed by atoms with Gasteiger partial charge in [-0.2, -0.15) is 0 Å². The highest BCUT2D eigenvalue weighted by Crippen LogP contribution is 2.31. The minimum absolute atomic E-state index is 0.0747. The minimum Gasteiger partial charge on any atom is -0.478 e. The van der Waals surface area contributed by atoms with E-state index in [0.29, 0.717) is 24.4 Å². The number of carboxylic acid groups (broad SMARTS) is 1. The van der Waals surface area contributed by atoms with E-state index in [4.69, 9.17) is 0 Å². The third kappa shape index (κ3) is 6.47. The zero-order chi connectivity index (χ0) is 24.7. The van der Waals surface area contributed by atoms with Crippen LogP contribution >= 0.6 is 0 Å². The molecule has 0 aliphatic carbocycles. The van der Waals surface area contributed by atoms with Gasteiger partial charge in [0.05, 0.1) is 17.9 Å². The van der Waals surface area contributed by atoms with Gasteiger partial charge >= 0.3 is 5.97 Å². The van der Waals surface area contributed by atoms with Gasteiger partial charge in [-0.1, -0.05) is 62.4 Å². The molecule has 3 aromatic carbocycles. The SMILES string of the molecule is Cc1cccc(N(CNC(=O)CCc2ccc(CC(C)C)cc2)c2ccccc2C(=O)O)c1C. The molecule has 2 N–H and O–H groups in total. The van der Waals surface area contributed by atoms with Crippen molar-refractivity contribution in [1.82, 2.24) is 5.32 Å². The predicted molar refractivity (Wildman–Crippen MR) is 138 cm³/mol. The monoisotopic (exact) mass is 458 g/mol. The van der Waals surface area contributed by atoms with Gasteiger partial charge in [-0.25, -0.2) is 4.79 Å². The molecule has 5 nitrogen and oxygen atoms in total. The van der Waals surface area contributed by atoms with Crippen molar-refractivity contribution in [3.8, 4) is 0 Å². The van der Waals surface area contributed by atoms with Gasteiger partial charge in [0.25, 0.3) is 0 Å². The Kier molecular flexibility index (Phi) is 8.47. The van der Waals surface area contributed by atoms with Crippen LogP contribution in [0.4, 0.5) is 11.4 Å². The number of aryl methyl sites for hydroxylation is 2. The van der Waals surface area contributed by atoms with Crippen LogP contribution in [0.25, 0.3) is 0 Å². The summed E-state index contributed by atoms with van der Waals surface area (Å²) in [6.07, 6.45) is 2.07. The average Bonchev–Trinajstić information content (AvgIpc) is 2.81. The lowest BCUT2D eigenvalue weighted by molar-refractivity contribution is -0.121. The van der Waals surface area contributed by atoms with E-state index < -0.39 is 5.97 Å². The molecule has 0 aromatic heterocycles. The average molecular weight is 459 g/mol. The third-order valence-corrected chi connectivity index (χ3v) is 6.03. The first-order valence-electron chi connectivity index (χ1n) is 11.8. The third-order valence-electron chi connectivity index (χ3n) is 6.03. The molecule has 0 aliphatic heterocycles. The Morgan fingerprint density at radius 2 is 1.53 bits per heavy atom. The number of carbonyl (C=O) groups excluding carboxylic acids is 1. The number of para-hydroxylation sites is 1. The summed E-state index contributed by atoms with van der Waals surface area (Å²) >= 11 is 0. The number of nitrogens with zero attached hydrogens (tertiary/aromatic N) is 1. The summed E-state index contributed by atoms with van der Waals surface area (Å²) in [5.41, 5.74) is 6.19. The van der Waals surface area contributed by atoms with Crippen molar-refractivity contribution < 1.29 is 14.7 Å². The predicted octanol–water partition coefficient (Wildman–Crippen LogP) is 6.04. The Labute approximate surface area is 202 Å². The molecular formula is C29H34N2O3. The van der Waals surface area contributed by atoms with E-state index in [9.17, 15) is 14.7 Å². The summed E-state index contributed by atoms with van der Waals surface area (Å²) < 4.78 is 0. The lowest BCUT2D eigenvalue weighted by Crippen LogP contribution is -2.36. The van der Waals surface area contributed by atoms with E-state index in [-0.39, 0.29) is 18.1 Å². The molecule has 0 saturated heterocycles. The molecule has 0 heterocycles. The van der Waals surface area contributed by atoms with Crippen molar-refractivity contribution in [2.45, 2.75) is 47.0 Å². The van der Waals surface area contributed by atoms with Crippen molar-refractivity contribution in [1.29, 1.82) is 0 Å². The summed E-state index contributed by atoms with van der Waals surface area (Å²) in [5, 5.41) is 12.7. The molecule has 0 atom stereocenters. The van der Waals surface area contributed by atoms with E-state index in [0.717, 1.165) is 28.8 Å². The van der Waals surface area contributed by atoms with Crippen LogP contribution in [0.5, 0.6) is 0 Å². The summed E-state index contributed by atoms with van der Waals surface area (Å²) in [7, 11) is 0. The highest BCUT2D eigenvalue weighted by molar-refractivity contribution is 5.96. The standard InChI is InChI=1S/C29H34N2O3/c1-20(2)18-24-14-12-23(13-15-24)16-17-28(32)30-19-31(26-11-7-8-21(3)22(26)4)27-10-6-5-9-25(27)29(33)34/h5-15,20H,16-19H2,1-4H3,(H,30,32)(H,33,34). The van der Waals surface area contributed by atoms with E-state index >= 15 is 0 Å². The summed E-state index contributed by atoms with van der Waals surface area (Å²) in [5.74, 6) is -0.463.